The molecule has 1 N–H and O–H groups in total. The van der Waals surface area contributed by atoms with Crippen molar-refractivity contribution in [2.24, 2.45) is 0 Å². The molecule has 0 bridgehead atoms. The van der Waals surface area contributed by atoms with E-state index >= 15 is 0 Å². The van der Waals surface area contributed by atoms with E-state index in [9.17, 15) is 18.1 Å². The average molecular weight is 387 g/mol. The topological polar surface area (TPSA) is 77.4 Å². The van der Waals surface area contributed by atoms with Crippen LogP contribution in [0.25, 0.3) is 0 Å². The molecule has 0 aliphatic rings. The number of aliphatic hydroxyl groups excluding tert-OH is 1. The summed E-state index contributed by atoms with van der Waals surface area (Å²) in [6, 6.07) is 0. The predicted octanol–water partition coefficient (Wildman–Crippen LogP) is 2.16. The molecule has 146 valence electrons. The second kappa shape index (κ2) is 18.2. The van der Waals surface area contributed by atoms with Crippen molar-refractivity contribution in [1.29, 1.82) is 0 Å². The molecular weight excluding hydrogens is 347 g/mol. The van der Waals surface area contributed by atoms with Crippen LogP contribution in [0.3, 0.4) is 0 Å². The third-order valence-corrected chi connectivity index (χ3v) is 6.20. The second-order valence-electron chi connectivity index (χ2n) is 7.08. The monoisotopic (exact) mass is 386 g/mol. The molecule has 0 amide bonds. The molecule has 0 saturated heterocycles. The first-order valence-corrected chi connectivity index (χ1v) is 11.5. The smallest absolute Gasteiger partial charge is 0.748 e. The zero-order valence-corrected chi connectivity index (χ0v) is 19.7. The minimum Gasteiger partial charge on any atom is -0.748 e. The molecule has 25 heavy (non-hydrogen) atoms. The molecule has 0 radical (unpaired) electrons. The quantitative estimate of drug-likeness (QED) is 0.236. The van der Waals surface area contributed by atoms with Crippen molar-refractivity contribution in [3.05, 3.63) is 0 Å². The Morgan fingerprint density at radius 1 is 0.760 bits per heavy atom. The summed E-state index contributed by atoms with van der Waals surface area (Å²) >= 11 is 0. The van der Waals surface area contributed by atoms with Gasteiger partial charge in [-0.2, -0.15) is 0 Å². The molecule has 0 spiro atoms. The number of hydrogen-bond donors (Lipinski definition) is 1. The first kappa shape index (κ1) is 28.1. The van der Waals surface area contributed by atoms with Crippen LogP contribution < -0.4 is 29.6 Å². The minimum atomic E-state index is -4.12. The van der Waals surface area contributed by atoms with Crippen molar-refractivity contribution >= 4 is 10.1 Å². The zero-order chi connectivity index (χ0) is 18.3. The van der Waals surface area contributed by atoms with Crippen molar-refractivity contribution < 1.29 is 47.6 Å². The van der Waals surface area contributed by atoms with Crippen molar-refractivity contribution in [2.45, 2.75) is 122 Å². The fraction of sp³-hybridized carbons (Fsp3) is 1.00. The van der Waals surface area contributed by atoms with E-state index in [0.717, 1.165) is 57.8 Å². The Morgan fingerprint density at radius 3 is 1.56 bits per heavy atom. The summed E-state index contributed by atoms with van der Waals surface area (Å²) in [4.78, 5) is 0. The molecular formula is C19H39NaO4S. The van der Waals surface area contributed by atoms with Gasteiger partial charge in [-0.05, 0) is 25.7 Å². The van der Waals surface area contributed by atoms with E-state index < -0.39 is 15.4 Å². The van der Waals surface area contributed by atoms with Crippen LogP contribution >= 0.6 is 0 Å². The fourth-order valence-corrected chi connectivity index (χ4v) is 4.00. The van der Waals surface area contributed by atoms with E-state index in [2.05, 4.69) is 6.92 Å². The largest absolute Gasteiger partial charge is 1.00 e. The molecule has 0 aliphatic carbocycles. The Hall–Kier alpha value is 0.870. The summed E-state index contributed by atoms with van der Waals surface area (Å²) < 4.78 is 32.9. The summed E-state index contributed by atoms with van der Waals surface area (Å²) in [6.07, 6.45) is 15.1. The van der Waals surface area contributed by atoms with Crippen molar-refractivity contribution in [3.8, 4) is 0 Å². The van der Waals surface area contributed by atoms with Gasteiger partial charge in [0, 0.05) is 5.25 Å². The maximum Gasteiger partial charge on any atom is 1.00 e. The van der Waals surface area contributed by atoms with Crippen LogP contribution in [0.5, 0.6) is 0 Å². The van der Waals surface area contributed by atoms with Gasteiger partial charge in [0.2, 0.25) is 0 Å². The molecule has 0 rings (SSSR count). The van der Waals surface area contributed by atoms with Gasteiger partial charge in [-0.25, -0.2) is 8.42 Å². The molecule has 0 heterocycles. The van der Waals surface area contributed by atoms with Crippen LogP contribution in [-0.2, 0) is 10.1 Å². The minimum absolute atomic E-state index is 0. The zero-order valence-electron chi connectivity index (χ0n) is 16.8. The standard InChI is InChI=1S/C19H40O4S.Na/c1-3-5-6-9-12-15-18(20)16-13-10-7-8-11-14-17-19(4-2)24(21,22)23;/h18-20H,3-17H2,1-2H3,(H,21,22,23);/q;+1/p-1. The molecule has 4 nitrogen and oxygen atoms in total. The Labute approximate surface area is 178 Å². The number of rotatable bonds is 17. The van der Waals surface area contributed by atoms with E-state index in [1.54, 1.807) is 6.92 Å². The number of hydrogen-bond acceptors (Lipinski definition) is 4. The predicted molar refractivity (Wildman–Crippen MR) is 100 cm³/mol. The SMILES string of the molecule is CCCCCCCC(O)CCCCCCCCC(CC)S(=O)(=O)[O-].[Na+]. The Bertz CT molecular complexity index is 374. The van der Waals surface area contributed by atoms with Crippen LogP contribution in [0.4, 0.5) is 0 Å². The molecule has 0 aromatic rings. The number of unbranched alkanes of at least 4 members (excludes halogenated alkanes) is 9. The fourth-order valence-electron chi connectivity index (χ4n) is 3.14. The third kappa shape index (κ3) is 18.0. The molecule has 0 fully saturated rings. The van der Waals surface area contributed by atoms with Gasteiger partial charge in [0.1, 0.15) is 0 Å². The van der Waals surface area contributed by atoms with Gasteiger partial charge in [-0.1, -0.05) is 84.5 Å². The molecule has 0 aromatic heterocycles. The number of aliphatic hydroxyl groups is 1. The summed E-state index contributed by atoms with van der Waals surface area (Å²) in [5.41, 5.74) is 0. The van der Waals surface area contributed by atoms with Crippen molar-refractivity contribution in [2.75, 3.05) is 0 Å². The Morgan fingerprint density at radius 2 is 1.16 bits per heavy atom. The molecule has 0 aliphatic heterocycles. The second-order valence-corrected chi connectivity index (χ2v) is 8.73. The van der Waals surface area contributed by atoms with E-state index in [4.69, 9.17) is 0 Å². The van der Waals surface area contributed by atoms with E-state index in [1.807, 2.05) is 0 Å². The van der Waals surface area contributed by atoms with Crippen LogP contribution in [0, 0.1) is 0 Å². The van der Waals surface area contributed by atoms with E-state index in [0.29, 0.717) is 12.8 Å². The molecule has 0 aromatic carbocycles. The van der Waals surface area contributed by atoms with E-state index in [1.165, 1.54) is 25.7 Å². The molecule has 0 saturated carbocycles. The third-order valence-electron chi connectivity index (χ3n) is 4.82. The van der Waals surface area contributed by atoms with Crippen LogP contribution in [0.1, 0.15) is 110 Å². The van der Waals surface area contributed by atoms with Gasteiger partial charge < -0.3 is 9.66 Å². The Balaban J connectivity index is 0. The van der Waals surface area contributed by atoms with Gasteiger partial charge in [-0.3, -0.25) is 0 Å². The summed E-state index contributed by atoms with van der Waals surface area (Å²) in [5.74, 6) is 0. The van der Waals surface area contributed by atoms with Gasteiger partial charge in [-0.15, -0.1) is 0 Å². The van der Waals surface area contributed by atoms with Crippen molar-refractivity contribution in [1.82, 2.24) is 0 Å². The van der Waals surface area contributed by atoms with Crippen LogP contribution in [0.15, 0.2) is 0 Å². The maximum absolute atomic E-state index is 11.0. The summed E-state index contributed by atoms with van der Waals surface area (Å²) in [7, 11) is -4.12. The first-order valence-electron chi connectivity index (χ1n) is 10.0. The van der Waals surface area contributed by atoms with Crippen LogP contribution in [0.2, 0.25) is 0 Å². The summed E-state index contributed by atoms with van der Waals surface area (Å²) in [5, 5.41) is 9.22. The molecule has 2 atom stereocenters. The molecule has 2 unspecified atom stereocenters. The van der Waals surface area contributed by atoms with Gasteiger partial charge in [0.15, 0.2) is 0 Å². The van der Waals surface area contributed by atoms with Crippen molar-refractivity contribution in [3.63, 3.8) is 0 Å². The summed E-state index contributed by atoms with van der Waals surface area (Å²) in [6.45, 7) is 3.97. The maximum atomic E-state index is 11.0. The van der Waals surface area contributed by atoms with E-state index in [-0.39, 0.29) is 35.7 Å². The average Bonchev–Trinajstić information content (AvgIpc) is 2.52. The van der Waals surface area contributed by atoms with Gasteiger partial charge >= 0.3 is 29.6 Å². The molecule has 6 heteroatoms. The van der Waals surface area contributed by atoms with Gasteiger partial charge in [0.25, 0.3) is 0 Å². The normalized spacial score (nSPS) is 14.1. The Kier molecular flexibility index (Phi) is 20.5. The van der Waals surface area contributed by atoms with Crippen LogP contribution in [-0.4, -0.2) is 29.4 Å². The van der Waals surface area contributed by atoms with Gasteiger partial charge in [0.05, 0.1) is 16.2 Å². The first-order chi connectivity index (χ1) is 11.4.